The molecule has 0 radical (unpaired) electrons. The molecule has 0 aliphatic carbocycles. The molecule has 27 heavy (non-hydrogen) atoms. The molecule has 0 bridgehead atoms. The summed E-state index contributed by atoms with van der Waals surface area (Å²) in [6.07, 6.45) is 1.82. The first kappa shape index (κ1) is 17.9. The van der Waals surface area contributed by atoms with E-state index < -0.39 is 0 Å². The van der Waals surface area contributed by atoms with Crippen molar-refractivity contribution >= 4 is 55.4 Å². The van der Waals surface area contributed by atoms with E-state index in [4.69, 9.17) is 0 Å². The number of aliphatic imine (C=N–C) groups is 1. The van der Waals surface area contributed by atoms with E-state index in [0.717, 1.165) is 25.8 Å². The quantitative estimate of drug-likeness (QED) is 0.419. The van der Waals surface area contributed by atoms with Crippen LogP contribution in [0.5, 0.6) is 0 Å². The Morgan fingerprint density at radius 1 is 0.815 bits per heavy atom. The van der Waals surface area contributed by atoms with Crippen molar-refractivity contribution in [1.29, 1.82) is 0 Å². The zero-order valence-corrected chi connectivity index (χ0v) is 17.3. The minimum absolute atomic E-state index is 0.146. The molecule has 0 saturated heterocycles. The molecule has 4 rings (SSSR count). The highest BCUT2D eigenvalue weighted by Crippen LogP contribution is 2.31. The van der Waals surface area contributed by atoms with Gasteiger partial charge in [-0.3, -0.25) is 9.69 Å². The summed E-state index contributed by atoms with van der Waals surface area (Å²) in [6, 6.07) is 25.1. The van der Waals surface area contributed by atoms with Gasteiger partial charge in [0.25, 0.3) is 5.91 Å². The molecule has 1 aliphatic heterocycles. The van der Waals surface area contributed by atoms with Crippen LogP contribution in [-0.2, 0) is 4.79 Å². The van der Waals surface area contributed by atoms with E-state index in [1.165, 1.54) is 0 Å². The smallest absolute Gasteiger partial charge is 0.266 e. The van der Waals surface area contributed by atoms with Crippen LogP contribution in [0.3, 0.4) is 0 Å². The normalized spacial score (nSPS) is 15.3. The summed E-state index contributed by atoms with van der Waals surface area (Å²) in [5.74, 6) is 0.462. The number of amides is 1. The molecule has 3 aromatic rings. The molecular weight excluding hydrogens is 468 g/mol. The lowest BCUT2D eigenvalue weighted by Gasteiger charge is -2.19. The highest BCUT2D eigenvalue weighted by atomic mass is 79.9. The number of halogens is 2. The molecule has 1 heterocycles. The summed E-state index contributed by atoms with van der Waals surface area (Å²) in [7, 11) is 0. The second kappa shape index (κ2) is 7.62. The van der Waals surface area contributed by atoms with Crippen LogP contribution in [0, 0.1) is 0 Å². The number of benzene rings is 3. The lowest BCUT2D eigenvalue weighted by Crippen LogP contribution is -2.32. The third-order valence-corrected chi connectivity index (χ3v) is 5.38. The molecular formula is C22H14Br2N2O. The molecule has 1 amide bonds. The van der Waals surface area contributed by atoms with Crippen LogP contribution in [0.15, 0.2) is 98.5 Å². The van der Waals surface area contributed by atoms with Gasteiger partial charge in [-0.05, 0) is 42.0 Å². The zero-order chi connectivity index (χ0) is 18.8. The summed E-state index contributed by atoms with van der Waals surface area (Å²) in [4.78, 5) is 19.5. The lowest BCUT2D eigenvalue weighted by atomic mass is 10.1. The van der Waals surface area contributed by atoms with Gasteiger partial charge in [0.2, 0.25) is 0 Å². The van der Waals surface area contributed by atoms with E-state index in [1.807, 2.05) is 84.9 Å². The first-order chi connectivity index (χ1) is 13.1. The van der Waals surface area contributed by atoms with Crippen LogP contribution < -0.4 is 4.90 Å². The molecule has 3 aromatic carbocycles. The molecule has 0 aromatic heterocycles. The van der Waals surface area contributed by atoms with Crippen molar-refractivity contribution in [3.8, 4) is 0 Å². The third kappa shape index (κ3) is 3.66. The van der Waals surface area contributed by atoms with Crippen LogP contribution in [0.4, 0.5) is 5.69 Å². The highest BCUT2D eigenvalue weighted by molar-refractivity contribution is 9.10. The Morgan fingerprint density at radius 3 is 2.19 bits per heavy atom. The molecule has 132 valence electrons. The zero-order valence-electron chi connectivity index (χ0n) is 14.1. The minimum Gasteiger partial charge on any atom is -0.266 e. The van der Waals surface area contributed by atoms with Gasteiger partial charge in [0, 0.05) is 14.5 Å². The van der Waals surface area contributed by atoms with Gasteiger partial charge >= 0.3 is 0 Å². The predicted molar refractivity (Wildman–Crippen MR) is 117 cm³/mol. The Morgan fingerprint density at radius 2 is 1.48 bits per heavy atom. The molecule has 0 spiro atoms. The first-order valence-electron chi connectivity index (χ1n) is 8.34. The van der Waals surface area contributed by atoms with E-state index in [9.17, 15) is 4.79 Å². The Labute approximate surface area is 174 Å². The fourth-order valence-electron chi connectivity index (χ4n) is 2.88. The molecule has 0 N–H and O–H groups in total. The van der Waals surface area contributed by atoms with Crippen molar-refractivity contribution in [2.45, 2.75) is 0 Å². The third-order valence-electron chi connectivity index (χ3n) is 4.16. The van der Waals surface area contributed by atoms with E-state index in [2.05, 4.69) is 36.9 Å². The number of carbonyl (C=O) groups excluding carboxylic acids is 1. The van der Waals surface area contributed by atoms with Gasteiger partial charge in [-0.25, -0.2) is 4.99 Å². The summed E-state index contributed by atoms with van der Waals surface area (Å²) in [5, 5.41) is 0. The maximum absolute atomic E-state index is 13.2. The van der Waals surface area contributed by atoms with Gasteiger partial charge in [-0.2, -0.15) is 0 Å². The fourth-order valence-corrected chi connectivity index (χ4v) is 3.60. The summed E-state index contributed by atoms with van der Waals surface area (Å²) in [5.41, 5.74) is 2.99. The Bertz CT molecular complexity index is 1060. The van der Waals surface area contributed by atoms with Crippen LogP contribution in [0.25, 0.3) is 6.08 Å². The van der Waals surface area contributed by atoms with E-state index in [0.29, 0.717) is 11.5 Å². The average molecular weight is 482 g/mol. The fraction of sp³-hybridized carbons (Fsp3) is 0. The SMILES string of the molecule is O=C1/C(=C\c2ccccc2)N=C(c2ccccc2Br)N1c1ccc(Br)cc1. The summed E-state index contributed by atoms with van der Waals surface area (Å²) in [6.45, 7) is 0. The van der Waals surface area contributed by atoms with Crippen LogP contribution in [0.1, 0.15) is 11.1 Å². The van der Waals surface area contributed by atoms with Crippen molar-refractivity contribution in [2.75, 3.05) is 4.90 Å². The van der Waals surface area contributed by atoms with Gasteiger partial charge in [-0.1, -0.05) is 80.4 Å². The number of hydrogen-bond donors (Lipinski definition) is 0. The number of rotatable bonds is 3. The van der Waals surface area contributed by atoms with Crippen LogP contribution in [0.2, 0.25) is 0 Å². The van der Waals surface area contributed by atoms with Crippen molar-refractivity contribution in [3.63, 3.8) is 0 Å². The molecule has 0 unspecified atom stereocenters. The minimum atomic E-state index is -0.146. The van der Waals surface area contributed by atoms with E-state index in [1.54, 1.807) is 4.90 Å². The van der Waals surface area contributed by atoms with Gasteiger partial charge in [0.15, 0.2) is 0 Å². The topological polar surface area (TPSA) is 32.7 Å². The number of carbonyl (C=O) groups is 1. The van der Waals surface area contributed by atoms with Crippen molar-refractivity contribution in [1.82, 2.24) is 0 Å². The Balaban J connectivity index is 1.85. The largest absolute Gasteiger partial charge is 0.282 e. The molecule has 1 aliphatic rings. The Kier molecular flexibility index (Phi) is 5.05. The van der Waals surface area contributed by atoms with Gasteiger partial charge < -0.3 is 0 Å². The number of nitrogens with zero attached hydrogens (tertiary/aromatic N) is 2. The van der Waals surface area contributed by atoms with Crippen molar-refractivity contribution in [2.24, 2.45) is 4.99 Å². The summed E-state index contributed by atoms with van der Waals surface area (Å²) >= 11 is 7.02. The molecule has 0 saturated carbocycles. The van der Waals surface area contributed by atoms with Gasteiger partial charge in [0.05, 0.1) is 5.69 Å². The predicted octanol–water partition coefficient (Wildman–Crippen LogP) is 6.05. The second-order valence-electron chi connectivity index (χ2n) is 5.97. The Hall–Kier alpha value is -2.50. The highest BCUT2D eigenvalue weighted by Gasteiger charge is 2.33. The number of hydrogen-bond acceptors (Lipinski definition) is 2. The lowest BCUT2D eigenvalue weighted by molar-refractivity contribution is -0.113. The van der Waals surface area contributed by atoms with Crippen molar-refractivity contribution in [3.05, 3.63) is 105 Å². The molecule has 0 fully saturated rings. The van der Waals surface area contributed by atoms with Crippen LogP contribution in [-0.4, -0.2) is 11.7 Å². The number of anilines is 1. The van der Waals surface area contributed by atoms with E-state index in [-0.39, 0.29) is 5.91 Å². The van der Waals surface area contributed by atoms with E-state index >= 15 is 0 Å². The average Bonchev–Trinajstić information content (AvgIpc) is 3.00. The monoisotopic (exact) mass is 480 g/mol. The van der Waals surface area contributed by atoms with Gasteiger partial charge in [0.1, 0.15) is 11.5 Å². The second-order valence-corrected chi connectivity index (χ2v) is 7.74. The first-order valence-corrected chi connectivity index (χ1v) is 9.92. The molecule has 5 heteroatoms. The maximum atomic E-state index is 13.2. The standard InChI is InChI=1S/C22H14Br2N2O/c23-16-10-12-17(13-11-16)26-21(18-8-4-5-9-19(18)24)25-20(22(26)27)14-15-6-2-1-3-7-15/h1-14H/b20-14+. The molecule has 0 atom stereocenters. The van der Waals surface area contributed by atoms with Crippen LogP contribution >= 0.6 is 31.9 Å². The van der Waals surface area contributed by atoms with Gasteiger partial charge in [-0.15, -0.1) is 0 Å². The summed E-state index contributed by atoms with van der Waals surface area (Å²) < 4.78 is 1.84. The number of amidine groups is 1. The van der Waals surface area contributed by atoms with Crippen molar-refractivity contribution < 1.29 is 4.79 Å². The molecule has 3 nitrogen and oxygen atoms in total. The maximum Gasteiger partial charge on any atom is 0.282 e.